The molecule has 0 aliphatic heterocycles. The number of aromatic nitrogens is 4. The molecule has 0 saturated heterocycles. The number of rotatable bonds is 7. The van der Waals surface area contributed by atoms with Gasteiger partial charge in [-0.15, -0.1) is 11.3 Å². The minimum absolute atomic E-state index is 0.135. The fourth-order valence-corrected chi connectivity index (χ4v) is 5.02. The van der Waals surface area contributed by atoms with Gasteiger partial charge < -0.3 is 0 Å². The molecule has 5 rings (SSSR count). The quantitative estimate of drug-likeness (QED) is 0.385. The molecule has 34 heavy (non-hydrogen) atoms. The van der Waals surface area contributed by atoms with E-state index in [-0.39, 0.29) is 11.9 Å². The molecule has 1 amide bonds. The van der Waals surface area contributed by atoms with Gasteiger partial charge in [-0.25, -0.2) is 23.1 Å². The summed E-state index contributed by atoms with van der Waals surface area (Å²) >= 11 is 1.33. The molecule has 0 radical (unpaired) electrons. The molecule has 1 aliphatic carbocycles. The first kappa shape index (κ1) is 22.5. The number of pyridine rings is 1. The van der Waals surface area contributed by atoms with Gasteiger partial charge in [-0.2, -0.15) is 5.10 Å². The second-order valence-electron chi connectivity index (χ2n) is 8.73. The van der Waals surface area contributed by atoms with Crippen molar-refractivity contribution in [3.63, 3.8) is 0 Å². The van der Waals surface area contributed by atoms with E-state index < -0.39 is 10.0 Å². The second kappa shape index (κ2) is 8.48. The molecule has 0 unspecified atom stereocenters. The van der Waals surface area contributed by atoms with E-state index in [1.165, 1.54) is 11.3 Å². The summed E-state index contributed by atoms with van der Waals surface area (Å²) in [5, 5.41) is 10.4. The summed E-state index contributed by atoms with van der Waals surface area (Å²) in [7, 11) is -3.34. The van der Waals surface area contributed by atoms with Crippen LogP contribution < -0.4 is 10.0 Å². The van der Waals surface area contributed by atoms with E-state index in [1.807, 2.05) is 30.0 Å². The van der Waals surface area contributed by atoms with Gasteiger partial charge in [0.1, 0.15) is 0 Å². The van der Waals surface area contributed by atoms with Gasteiger partial charge in [0.2, 0.25) is 10.0 Å². The number of sulfonamides is 1. The molecule has 11 heteroatoms. The lowest BCUT2D eigenvalue weighted by molar-refractivity contribution is 0.102. The Balaban J connectivity index is 1.39. The zero-order valence-corrected chi connectivity index (χ0v) is 20.6. The lowest BCUT2D eigenvalue weighted by Crippen LogP contribution is -2.13. The Morgan fingerprint density at radius 2 is 1.91 bits per heavy atom. The van der Waals surface area contributed by atoms with Crippen LogP contribution in [0.5, 0.6) is 0 Å². The van der Waals surface area contributed by atoms with Crippen LogP contribution in [0.15, 0.2) is 41.9 Å². The summed E-state index contributed by atoms with van der Waals surface area (Å²) in [6, 6.07) is 8.92. The van der Waals surface area contributed by atoms with Crippen LogP contribution in [0.2, 0.25) is 0 Å². The van der Waals surface area contributed by atoms with Crippen LogP contribution in [-0.4, -0.2) is 40.3 Å². The summed E-state index contributed by atoms with van der Waals surface area (Å²) in [4.78, 5) is 22.6. The molecule has 4 aromatic rings. The van der Waals surface area contributed by atoms with Gasteiger partial charge >= 0.3 is 0 Å². The first-order chi connectivity index (χ1) is 16.2. The van der Waals surface area contributed by atoms with Gasteiger partial charge in [0.05, 0.1) is 29.1 Å². The maximum atomic E-state index is 13.3. The van der Waals surface area contributed by atoms with Crippen LogP contribution in [0.3, 0.4) is 0 Å². The first-order valence-corrected chi connectivity index (χ1v) is 13.7. The maximum Gasteiger partial charge on any atom is 0.258 e. The van der Waals surface area contributed by atoms with E-state index in [1.54, 1.807) is 30.5 Å². The number of nitrogens with one attached hydrogen (secondary N) is 2. The van der Waals surface area contributed by atoms with Crippen molar-refractivity contribution in [1.29, 1.82) is 0 Å². The highest BCUT2D eigenvalue weighted by atomic mass is 32.2. The predicted octanol–water partition coefficient (Wildman–Crippen LogP) is 4.64. The summed E-state index contributed by atoms with van der Waals surface area (Å²) < 4.78 is 27.1. The number of thiazole rings is 1. The first-order valence-electron chi connectivity index (χ1n) is 10.9. The highest BCUT2D eigenvalue weighted by Gasteiger charge is 2.28. The standard InChI is InChI=1S/C23H24N6O3S2/c1-13(2)29-21-18(11-24-29)17(10-19(25-21)14-4-5-14)22(30)27-23-26-20(12-33-23)15-6-8-16(9-7-15)28-34(3,31)32/h6-14,28H,4-5H2,1-3H3,(H,26,27,30). The van der Waals surface area contributed by atoms with Gasteiger partial charge in [0.25, 0.3) is 5.91 Å². The van der Waals surface area contributed by atoms with Gasteiger partial charge in [-0.3, -0.25) is 14.8 Å². The number of hydrogen-bond donors (Lipinski definition) is 2. The van der Waals surface area contributed by atoms with Crippen molar-refractivity contribution >= 4 is 49.1 Å². The van der Waals surface area contributed by atoms with Crippen LogP contribution >= 0.6 is 11.3 Å². The summed E-state index contributed by atoms with van der Waals surface area (Å²) in [5.74, 6) is 0.157. The molecular weight excluding hydrogens is 472 g/mol. The van der Waals surface area contributed by atoms with E-state index in [0.717, 1.165) is 41.4 Å². The van der Waals surface area contributed by atoms with Crippen molar-refractivity contribution < 1.29 is 13.2 Å². The van der Waals surface area contributed by atoms with Crippen molar-refractivity contribution in [2.75, 3.05) is 16.3 Å². The van der Waals surface area contributed by atoms with Gasteiger partial charge in [-0.1, -0.05) is 12.1 Å². The Labute approximate surface area is 201 Å². The predicted molar refractivity (Wildman–Crippen MR) is 134 cm³/mol. The Morgan fingerprint density at radius 1 is 1.18 bits per heavy atom. The third-order valence-corrected chi connectivity index (χ3v) is 6.89. The van der Waals surface area contributed by atoms with Crippen LogP contribution in [0, 0.1) is 0 Å². The Kier molecular flexibility index (Phi) is 5.61. The topological polar surface area (TPSA) is 119 Å². The molecular formula is C23H24N6O3S2. The normalized spacial score (nSPS) is 14.0. The SMILES string of the molecule is CC(C)n1ncc2c(C(=O)Nc3nc(-c4ccc(NS(C)(=O)=O)cc4)cs3)cc(C3CC3)nc21. The minimum atomic E-state index is -3.34. The summed E-state index contributed by atoms with van der Waals surface area (Å²) in [5.41, 5.74) is 4.19. The molecule has 3 aromatic heterocycles. The fraction of sp³-hybridized carbons (Fsp3) is 0.304. The van der Waals surface area contributed by atoms with Gasteiger partial charge in [0, 0.05) is 34.3 Å². The Bertz CT molecular complexity index is 1480. The van der Waals surface area contributed by atoms with Crippen LogP contribution in [0.1, 0.15) is 54.7 Å². The number of nitrogens with zero attached hydrogens (tertiary/aromatic N) is 4. The molecule has 0 spiro atoms. The van der Waals surface area contributed by atoms with Crippen molar-refractivity contribution in [3.8, 4) is 11.3 Å². The zero-order chi connectivity index (χ0) is 24.0. The number of hydrogen-bond acceptors (Lipinski definition) is 7. The highest BCUT2D eigenvalue weighted by Crippen LogP contribution is 2.40. The number of carbonyl (C=O) groups is 1. The van der Waals surface area contributed by atoms with Crippen LogP contribution in [0.25, 0.3) is 22.3 Å². The lowest BCUT2D eigenvalue weighted by atomic mass is 10.1. The highest BCUT2D eigenvalue weighted by molar-refractivity contribution is 7.92. The number of carbonyl (C=O) groups excluding carboxylic acids is 1. The van der Waals surface area contributed by atoms with Gasteiger partial charge in [0.15, 0.2) is 10.8 Å². The van der Waals surface area contributed by atoms with E-state index in [0.29, 0.717) is 28.0 Å². The molecule has 2 N–H and O–H groups in total. The summed E-state index contributed by atoms with van der Waals surface area (Å²) in [6.45, 7) is 4.08. The molecule has 9 nitrogen and oxygen atoms in total. The van der Waals surface area contributed by atoms with E-state index in [4.69, 9.17) is 4.98 Å². The minimum Gasteiger partial charge on any atom is -0.298 e. The third-order valence-electron chi connectivity index (χ3n) is 5.52. The van der Waals surface area contributed by atoms with E-state index >= 15 is 0 Å². The number of fused-ring (bicyclic) bond motifs is 1. The maximum absolute atomic E-state index is 13.3. The third kappa shape index (κ3) is 4.66. The van der Waals surface area contributed by atoms with Crippen molar-refractivity contribution in [3.05, 3.63) is 53.2 Å². The number of anilines is 2. The average Bonchev–Trinajstić information content (AvgIpc) is 3.37. The zero-order valence-electron chi connectivity index (χ0n) is 18.9. The summed E-state index contributed by atoms with van der Waals surface area (Å²) in [6.07, 6.45) is 4.98. The van der Waals surface area contributed by atoms with Crippen molar-refractivity contribution in [2.24, 2.45) is 0 Å². The average molecular weight is 497 g/mol. The lowest BCUT2D eigenvalue weighted by Gasteiger charge is -2.10. The molecule has 1 aliphatic rings. The Hall–Kier alpha value is -3.31. The molecule has 3 heterocycles. The van der Waals surface area contributed by atoms with Crippen LogP contribution in [-0.2, 0) is 10.0 Å². The molecule has 1 fully saturated rings. The number of amides is 1. The van der Waals surface area contributed by atoms with Gasteiger partial charge in [-0.05, 0) is 44.9 Å². The molecule has 0 bridgehead atoms. The fourth-order valence-electron chi connectivity index (χ4n) is 3.74. The van der Waals surface area contributed by atoms with E-state index in [9.17, 15) is 13.2 Å². The van der Waals surface area contributed by atoms with Crippen LogP contribution in [0.4, 0.5) is 10.8 Å². The van der Waals surface area contributed by atoms with Crippen molar-refractivity contribution in [1.82, 2.24) is 19.7 Å². The molecule has 176 valence electrons. The molecule has 1 saturated carbocycles. The largest absolute Gasteiger partial charge is 0.298 e. The second-order valence-corrected chi connectivity index (χ2v) is 11.3. The Morgan fingerprint density at radius 3 is 2.56 bits per heavy atom. The molecule has 0 atom stereocenters. The smallest absolute Gasteiger partial charge is 0.258 e. The van der Waals surface area contributed by atoms with Crippen molar-refractivity contribution in [2.45, 2.75) is 38.6 Å². The monoisotopic (exact) mass is 496 g/mol. The molecule has 1 aromatic carbocycles. The number of benzene rings is 1. The van der Waals surface area contributed by atoms with E-state index in [2.05, 4.69) is 20.1 Å².